The van der Waals surface area contributed by atoms with Gasteiger partial charge < -0.3 is 4.90 Å². The number of carbonyl (C=O) groups is 2. The number of fused-ring (bicyclic) bond motifs is 3. The molecule has 0 bridgehead atoms. The molecule has 1 aromatic carbocycles. The van der Waals surface area contributed by atoms with Crippen LogP contribution >= 0.6 is 11.3 Å². The van der Waals surface area contributed by atoms with Gasteiger partial charge in [-0.3, -0.25) is 14.6 Å². The second kappa shape index (κ2) is 8.61. The maximum Gasteiger partial charge on any atom is 0.276 e. The van der Waals surface area contributed by atoms with Crippen LogP contribution in [0.3, 0.4) is 0 Å². The summed E-state index contributed by atoms with van der Waals surface area (Å²) in [7, 11) is 0. The lowest BCUT2D eigenvalue weighted by molar-refractivity contribution is 0.0972. The Bertz CT molecular complexity index is 1390. The van der Waals surface area contributed by atoms with Crippen molar-refractivity contribution in [3.05, 3.63) is 89.2 Å². The van der Waals surface area contributed by atoms with E-state index in [4.69, 9.17) is 0 Å². The van der Waals surface area contributed by atoms with Crippen LogP contribution in [0.15, 0.2) is 73.1 Å². The van der Waals surface area contributed by atoms with Crippen LogP contribution in [0.1, 0.15) is 45.0 Å². The summed E-state index contributed by atoms with van der Waals surface area (Å²) in [5.41, 5.74) is 5.01. The number of nitrogens with zero attached hydrogens (tertiary/aromatic N) is 3. The summed E-state index contributed by atoms with van der Waals surface area (Å²) < 4.78 is 0. The summed E-state index contributed by atoms with van der Waals surface area (Å²) >= 11 is 1.57. The monoisotopic (exact) mass is 465 g/mol. The molecular weight excluding hydrogens is 442 g/mol. The minimum atomic E-state index is -0.127. The first-order valence-electron chi connectivity index (χ1n) is 11.6. The van der Waals surface area contributed by atoms with E-state index < -0.39 is 0 Å². The van der Waals surface area contributed by atoms with Gasteiger partial charge >= 0.3 is 0 Å². The number of pyridine rings is 2. The third-order valence-corrected chi connectivity index (χ3v) is 7.72. The number of hydrogen-bond donors (Lipinski definition) is 0. The van der Waals surface area contributed by atoms with E-state index in [9.17, 15) is 9.59 Å². The predicted molar refractivity (Wildman–Crippen MR) is 134 cm³/mol. The van der Waals surface area contributed by atoms with E-state index in [0.29, 0.717) is 31.0 Å². The minimum Gasteiger partial charge on any atom is -0.306 e. The summed E-state index contributed by atoms with van der Waals surface area (Å²) in [5.74, 6) is 0.700. The van der Waals surface area contributed by atoms with Crippen LogP contribution in [0.5, 0.6) is 0 Å². The highest BCUT2D eigenvalue weighted by molar-refractivity contribution is 7.17. The van der Waals surface area contributed by atoms with Gasteiger partial charge in [0, 0.05) is 41.4 Å². The largest absolute Gasteiger partial charge is 0.306 e. The van der Waals surface area contributed by atoms with Crippen LogP contribution in [0.4, 0.5) is 5.69 Å². The molecule has 3 aromatic heterocycles. The standard InChI is InChI=1S/C28H23N3O2S/c32-25(15-18-10-11-18)26-16-19-12-14-31(24-9-2-1-6-21(24)27(19)34-26)28(33)23-8-3-7-22(30-23)20-5-4-13-29-17-20/h1-9,13,16-18H,10-12,14-15H2. The van der Waals surface area contributed by atoms with E-state index >= 15 is 0 Å². The van der Waals surface area contributed by atoms with Crippen molar-refractivity contribution in [2.24, 2.45) is 5.92 Å². The van der Waals surface area contributed by atoms with Crippen molar-refractivity contribution in [3.63, 3.8) is 0 Å². The van der Waals surface area contributed by atoms with Gasteiger partial charge in [-0.05, 0) is 67.1 Å². The van der Waals surface area contributed by atoms with Gasteiger partial charge in [0.05, 0.1) is 16.3 Å². The lowest BCUT2D eigenvalue weighted by Crippen LogP contribution is -2.33. The molecule has 1 fully saturated rings. The molecule has 0 unspecified atom stereocenters. The molecular formula is C28H23N3O2S. The lowest BCUT2D eigenvalue weighted by atomic mass is 10.1. The van der Waals surface area contributed by atoms with Crippen molar-refractivity contribution in [1.29, 1.82) is 0 Å². The molecule has 4 heterocycles. The molecule has 1 aliphatic carbocycles. The van der Waals surface area contributed by atoms with Crippen LogP contribution in [0.2, 0.25) is 0 Å². The Kier molecular flexibility index (Phi) is 5.30. The maximum absolute atomic E-state index is 13.7. The lowest BCUT2D eigenvalue weighted by Gasteiger charge is -2.22. The molecule has 34 heavy (non-hydrogen) atoms. The third kappa shape index (κ3) is 3.94. The maximum atomic E-state index is 13.7. The zero-order valence-corrected chi connectivity index (χ0v) is 19.4. The Morgan fingerprint density at radius 3 is 2.74 bits per heavy atom. The molecule has 0 atom stereocenters. The highest BCUT2D eigenvalue weighted by atomic mass is 32.1. The number of aromatic nitrogens is 2. The first-order chi connectivity index (χ1) is 16.7. The number of carbonyl (C=O) groups excluding carboxylic acids is 2. The summed E-state index contributed by atoms with van der Waals surface area (Å²) in [5, 5.41) is 0. The number of benzene rings is 1. The summed E-state index contributed by atoms with van der Waals surface area (Å²) in [6.07, 6.45) is 7.17. The first kappa shape index (κ1) is 20.9. The predicted octanol–water partition coefficient (Wildman–Crippen LogP) is 6.06. The fourth-order valence-electron chi connectivity index (χ4n) is 4.50. The Morgan fingerprint density at radius 2 is 1.91 bits per heavy atom. The third-order valence-electron chi connectivity index (χ3n) is 6.47. The second-order valence-electron chi connectivity index (χ2n) is 8.91. The van der Waals surface area contributed by atoms with E-state index in [1.54, 1.807) is 29.8 Å². The van der Waals surface area contributed by atoms with Gasteiger partial charge in [-0.15, -0.1) is 11.3 Å². The number of ketones is 1. The number of Topliss-reactive ketones (excluding diaryl/α,β-unsaturated/α-hetero) is 1. The van der Waals surface area contributed by atoms with Gasteiger partial charge in [0.2, 0.25) is 0 Å². The molecule has 5 nitrogen and oxygen atoms in total. The first-order valence-corrected chi connectivity index (χ1v) is 12.4. The summed E-state index contributed by atoms with van der Waals surface area (Å²) in [6, 6.07) is 19.3. The van der Waals surface area contributed by atoms with Crippen LogP contribution < -0.4 is 4.90 Å². The zero-order valence-electron chi connectivity index (χ0n) is 18.6. The smallest absolute Gasteiger partial charge is 0.276 e. The second-order valence-corrected chi connectivity index (χ2v) is 9.96. The molecule has 6 rings (SSSR count). The van der Waals surface area contributed by atoms with Crippen molar-refractivity contribution in [1.82, 2.24) is 9.97 Å². The van der Waals surface area contributed by atoms with Gasteiger partial charge in [0.15, 0.2) is 5.78 Å². The fourth-order valence-corrected chi connectivity index (χ4v) is 5.69. The topological polar surface area (TPSA) is 63.2 Å². The number of rotatable bonds is 5. The van der Waals surface area contributed by atoms with Crippen molar-refractivity contribution in [2.45, 2.75) is 25.7 Å². The van der Waals surface area contributed by atoms with E-state index in [2.05, 4.69) is 16.0 Å². The molecule has 4 aromatic rings. The van der Waals surface area contributed by atoms with E-state index in [1.807, 2.05) is 53.4 Å². The van der Waals surface area contributed by atoms with E-state index in [-0.39, 0.29) is 11.7 Å². The number of para-hydroxylation sites is 1. The molecule has 0 radical (unpaired) electrons. The molecule has 6 heteroatoms. The van der Waals surface area contributed by atoms with Gasteiger partial charge in [0.25, 0.3) is 5.91 Å². The van der Waals surface area contributed by atoms with E-state index in [0.717, 1.165) is 37.8 Å². The molecule has 0 N–H and O–H groups in total. The van der Waals surface area contributed by atoms with Crippen molar-refractivity contribution in [2.75, 3.05) is 11.4 Å². The van der Waals surface area contributed by atoms with Gasteiger partial charge in [-0.2, -0.15) is 0 Å². The van der Waals surface area contributed by atoms with Crippen LogP contribution in [-0.4, -0.2) is 28.2 Å². The number of amides is 1. The highest BCUT2D eigenvalue weighted by Crippen LogP contribution is 2.43. The number of hydrogen-bond acceptors (Lipinski definition) is 5. The molecule has 168 valence electrons. The molecule has 0 spiro atoms. The fraction of sp³-hybridized carbons (Fsp3) is 0.214. The van der Waals surface area contributed by atoms with Crippen LogP contribution in [-0.2, 0) is 6.42 Å². The molecule has 0 saturated heterocycles. The minimum absolute atomic E-state index is 0.127. The number of anilines is 1. The molecule has 1 saturated carbocycles. The quantitative estimate of drug-likeness (QED) is 0.336. The summed E-state index contributed by atoms with van der Waals surface area (Å²) in [4.78, 5) is 39.0. The molecule has 1 amide bonds. The Hall–Kier alpha value is -3.64. The Labute approximate surface area is 202 Å². The Balaban J connectivity index is 1.34. The molecule has 1 aliphatic heterocycles. The van der Waals surface area contributed by atoms with Crippen molar-refractivity contribution in [3.8, 4) is 21.7 Å². The van der Waals surface area contributed by atoms with Gasteiger partial charge in [-0.1, -0.05) is 24.3 Å². The van der Waals surface area contributed by atoms with E-state index in [1.165, 1.54) is 12.8 Å². The van der Waals surface area contributed by atoms with Crippen molar-refractivity contribution < 1.29 is 9.59 Å². The van der Waals surface area contributed by atoms with Gasteiger partial charge in [-0.25, -0.2) is 4.98 Å². The summed E-state index contributed by atoms with van der Waals surface area (Å²) in [6.45, 7) is 0.536. The zero-order chi connectivity index (χ0) is 23.1. The van der Waals surface area contributed by atoms with Gasteiger partial charge in [0.1, 0.15) is 5.69 Å². The molecule has 2 aliphatic rings. The highest BCUT2D eigenvalue weighted by Gasteiger charge is 2.30. The number of thiophene rings is 1. The van der Waals surface area contributed by atoms with Crippen LogP contribution in [0.25, 0.3) is 21.7 Å². The van der Waals surface area contributed by atoms with Crippen molar-refractivity contribution >= 4 is 28.7 Å². The average molecular weight is 466 g/mol. The Morgan fingerprint density at radius 1 is 1.03 bits per heavy atom. The SMILES string of the molecule is O=C(CC1CC1)c1cc2c(s1)-c1ccccc1N(C(=O)c1cccc(-c3cccnc3)n1)CC2. The van der Waals surface area contributed by atoms with Crippen LogP contribution in [0, 0.1) is 5.92 Å². The average Bonchev–Trinajstić information content (AvgIpc) is 3.63. The normalized spacial score (nSPS) is 14.8.